The number of para-hydroxylation sites is 4. The van der Waals surface area contributed by atoms with Crippen LogP contribution in [0.4, 0.5) is 0 Å². The summed E-state index contributed by atoms with van der Waals surface area (Å²) in [5, 5.41) is 23.1. The molecule has 1 aliphatic carbocycles. The number of phenolic OH excluding ortho intramolecular Hbond substituents is 2. The van der Waals surface area contributed by atoms with Gasteiger partial charge in [0, 0.05) is 60.2 Å². The predicted octanol–water partition coefficient (Wildman–Crippen LogP) is 7.75. The van der Waals surface area contributed by atoms with E-state index in [0.717, 1.165) is 90.5 Å². The van der Waals surface area contributed by atoms with E-state index < -0.39 is 0 Å². The van der Waals surface area contributed by atoms with Crippen molar-refractivity contribution in [2.45, 2.75) is 25.7 Å². The van der Waals surface area contributed by atoms with E-state index in [1.54, 1.807) is 0 Å². The highest BCUT2D eigenvalue weighted by atomic mass is 32.2. The summed E-state index contributed by atoms with van der Waals surface area (Å²) in [5.41, 5.74) is 7.66. The fourth-order valence-corrected chi connectivity index (χ4v) is 8.73. The van der Waals surface area contributed by atoms with Crippen molar-refractivity contribution in [2.24, 2.45) is 0 Å². The molecule has 2 N–H and O–H groups in total. The van der Waals surface area contributed by atoms with Crippen LogP contribution in [0.1, 0.15) is 44.5 Å². The first-order valence-electron chi connectivity index (χ1n) is 15.0. The molecule has 10 bridgehead atoms. The maximum atomic E-state index is 11.5. The van der Waals surface area contributed by atoms with E-state index in [9.17, 15) is 10.2 Å². The first-order chi connectivity index (χ1) is 21.2. The minimum absolute atomic E-state index is 0.330. The van der Waals surface area contributed by atoms with Crippen molar-refractivity contribution in [2.75, 3.05) is 47.7 Å². The minimum Gasteiger partial charge on any atom is -0.507 e. The lowest BCUT2D eigenvalue weighted by Gasteiger charge is -2.20. The van der Waals surface area contributed by atoms with Crippen molar-refractivity contribution in [3.63, 3.8) is 0 Å². The largest absolute Gasteiger partial charge is 0.507 e. The highest BCUT2D eigenvalue weighted by Crippen LogP contribution is 2.38. The molecule has 1 heterocycles. The van der Waals surface area contributed by atoms with Crippen LogP contribution in [0, 0.1) is 0 Å². The maximum absolute atomic E-state index is 11.5. The van der Waals surface area contributed by atoms with Gasteiger partial charge >= 0.3 is 0 Å². The number of ether oxygens (including phenoxy) is 2. The molecule has 2 aliphatic rings. The van der Waals surface area contributed by atoms with Gasteiger partial charge in [-0.15, -0.1) is 0 Å². The third-order valence-electron chi connectivity index (χ3n) is 7.98. The standard InChI is InChI=1S/C36H38O4S3/c37-33-25-5-1-6-26(33)22-30-10-4-12-32-24-28-8-2-7-27(34(28)38)23-31-11-3-9-29(21-25)35(31)39-13-15-41-17-19-43-20-18-42-16-14-40-36(30)32/h1-12,37-38H,13-24H2. The molecule has 1 aliphatic heterocycles. The van der Waals surface area contributed by atoms with Gasteiger partial charge in [-0.25, -0.2) is 0 Å². The van der Waals surface area contributed by atoms with Gasteiger partial charge in [-0.2, -0.15) is 35.3 Å². The molecule has 4 aromatic carbocycles. The molecule has 224 valence electrons. The van der Waals surface area contributed by atoms with E-state index in [-0.39, 0.29) is 0 Å². The maximum Gasteiger partial charge on any atom is 0.126 e. The first kappa shape index (κ1) is 30.2. The van der Waals surface area contributed by atoms with Gasteiger partial charge in [-0.3, -0.25) is 0 Å². The number of thioether (sulfide) groups is 3. The molecular weight excluding hydrogens is 593 g/mol. The topological polar surface area (TPSA) is 58.9 Å². The Hall–Kier alpha value is -2.87. The predicted molar refractivity (Wildman–Crippen MR) is 183 cm³/mol. The third-order valence-corrected chi connectivity index (χ3v) is 11.4. The summed E-state index contributed by atoms with van der Waals surface area (Å²) in [7, 11) is 0. The summed E-state index contributed by atoms with van der Waals surface area (Å²) in [6.07, 6.45) is 2.22. The SMILES string of the molecule is Oc1c2cccc1Cc1cccc3c1OCCSCCSCCSCCOc1c(cccc1Cc1cccc(c1O)C3)C2. The molecule has 0 saturated carbocycles. The lowest BCUT2D eigenvalue weighted by atomic mass is 9.91. The van der Waals surface area contributed by atoms with Crippen molar-refractivity contribution in [1.29, 1.82) is 0 Å². The monoisotopic (exact) mass is 630 g/mol. The van der Waals surface area contributed by atoms with E-state index >= 15 is 0 Å². The van der Waals surface area contributed by atoms with Crippen molar-refractivity contribution in [3.8, 4) is 23.0 Å². The Morgan fingerprint density at radius 2 is 0.674 bits per heavy atom. The zero-order valence-electron chi connectivity index (χ0n) is 24.3. The molecule has 43 heavy (non-hydrogen) atoms. The van der Waals surface area contributed by atoms with Gasteiger partial charge in [0.1, 0.15) is 23.0 Å². The lowest BCUT2D eigenvalue weighted by Crippen LogP contribution is -2.09. The lowest BCUT2D eigenvalue weighted by molar-refractivity contribution is 0.337. The Morgan fingerprint density at radius 1 is 0.395 bits per heavy atom. The van der Waals surface area contributed by atoms with Crippen LogP contribution in [-0.2, 0) is 25.7 Å². The molecule has 4 nitrogen and oxygen atoms in total. The van der Waals surface area contributed by atoms with Gasteiger partial charge in [-0.1, -0.05) is 72.8 Å². The van der Waals surface area contributed by atoms with Crippen LogP contribution < -0.4 is 9.47 Å². The number of fused-ring (bicyclic) bond motifs is 2. The molecule has 0 atom stereocenters. The van der Waals surface area contributed by atoms with Gasteiger partial charge in [0.25, 0.3) is 0 Å². The minimum atomic E-state index is 0.330. The normalized spacial score (nSPS) is 16.5. The van der Waals surface area contributed by atoms with Gasteiger partial charge < -0.3 is 19.7 Å². The van der Waals surface area contributed by atoms with Crippen molar-refractivity contribution in [1.82, 2.24) is 0 Å². The molecule has 0 saturated heterocycles. The molecule has 0 fully saturated rings. The van der Waals surface area contributed by atoms with E-state index in [4.69, 9.17) is 9.47 Å². The second-order valence-electron chi connectivity index (χ2n) is 10.9. The van der Waals surface area contributed by atoms with Gasteiger partial charge in [0.2, 0.25) is 0 Å². The van der Waals surface area contributed by atoms with Gasteiger partial charge in [-0.05, 0) is 44.5 Å². The molecule has 0 aromatic heterocycles. The number of hydrogen-bond donors (Lipinski definition) is 2. The molecule has 0 spiro atoms. The Bertz CT molecular complexity index is 1350. The van der Waals surface area contributed by atoms with Crippen molar-refractivity contribution >= 4 is 35.3 Å². The first-order valence-corrected chi connectivity index (χ1v) is 18.4. The van der Waals surface area contributed by atoms with Gasteiger partial charge in [0.15, 0.2) is 0 Å². The molecule has 0 radical (unpaired) electrons. The van der Waals surface area contributed by atoms with Crippen molar-refractivity contribution < 1.29 is 19.7 Å². The average Bonchev–Trinajstić information content (AvgIpc) is 3.00. The smallest absolute Gasteiger partial charge is 0.126 e. The van der Waals surface area contributed by atoms with Crippen LogP contribution in [0.2, 0.25) is 0 Å². The number of rotatable bonds is 0. The van der Waals surface area contributed by atoms with Crippen molar-refractivity contribution in [3.05, 3.63) is 117 Å². The number of benzene rings is 4. The highest BCUT2D eigenvalue weighted by Gasteiger charge is 2.20. The second kappa shape index (κ2) is 14.7. The second-order valence-corrected chi connectivity index (χ2v) is 14.6. The van der Waals surface area contributed by atoms with Crippen LogP contribution in [0.15, 0.2) is 72.8 Å². The fraction of sp³-hybridized carbons (Fsp3) is 0.333. The Kier molecular flexibility index (Phi) is 10.3. The summed E-state index contributed by atoms with van der Waals surface area (Å²) >= 11 is 5.88. The zero-order valence-corrected chi connectivity index (χ0v) is 26.8. The van der Waals surface area contributed by atoms with E-state index in [1.807, 2.05) is 71.7 Å². The molecule has 4 aromatic rings. The van der Waals surface area contributed by atoms with Crippen LogP contribution >= 0.6 is 35.3 Å². The van der Waals surface area contributed by atoms with E-state index in [2.05, 4.69) is 36.4 Å². The van der Waals surface area contributed by atoms with E-state index in [0.29, 0.717) is 50.4 Å². The summed E-state index contributed by atoms with van der Waals surface area (Å²) in [5.74, 6) is 8.72. The van der Waals surface area contributed by atoms with Crippen LogP contribution in [0.25, 0.3) is 0 Å². The fourth-order valence-electron chi connectivity index (χ4n) is 5.83. The summed E-state index contributed by atoms with van der Waals surface area (Å²) in [6.45, 7) is 1.23. The molecular formula is C36H38O4S3. The number of hydrogen-bond acceptors (Lipinski definition) is 7. The van der Waals surface area contributed by atoms with Crippen LogP contribution in [0.3, 0.4) is 0 Å². The van der Waals surface area contributed by atoms with E-state index in [1.165, 1.54) is 0 Å². The Morgan fingerprint density at radius 3 is 1.00 bits per heavy atom. The quantitative estimate of drug-likeness (QED) is 0.182. The number of aromatic hydroxyl groups is 2. The zero-order chi connectivity index (χ0) is 29.4. The van der Waals surface area contributed by atoms with Gasteiger partial charge in [0.05, 0.1) is 13.2 Å². The highest BCUT2D eigenvalue weighted by molar-refractivity contribution is 8.04. The average molecular weight is 631 g/mol. The summed E-state index contributed by atoms with van der Waals surface area (Å²) < 4.78 is 13.1. The Balaban J connectivity index is 1.49. The molecule has 0 amide bonds. The Labute approximate surface area is 267 Å². The summed E-state index contributed by atoms with van der Waals surface area (Å²) in [4.78, 5) is 0. The molecule has 6 rings (SSSR count). The third kappa shape index (κ3) is 7.44. The van der Waals surface area contributed by atoms with Crippen LogP contribution in [0.5, 0.6) is 23.0 Å². The van der Waals surface area contributed by atoms with Crippen LogP contribution in [-0.4, -0.2) is 57.9 Å². The summed E-state index contributed by atoms with van der Waals surface area (Å²) in [6, 6.07) is 24.6. The molecule has 7 heteroatoms. The molecule has 0 unspecified atom stereocenters. The number of phenols is 2.